The van der Waals surface area contributed by atoms with E-state index in [1.165, 1.54) is 0 Å². The first-order chi connectivity index (χ1) is 11.0. The zero-order valence-corrected chi connectivity index (χ0v) is 14.1. The Labute approximate surface area is 140 Å². The van der Waals surface area contributed by atoms with Gasteiger partial charge in [-0.2, -0.15) is 12.6 Å². The Bertz CT molecular complexity index is 713. The number of fused-ring (bicyclic) bond motifs is 1. The number of amides is 1. The largest absolute Gasteiger partial charge is 0.358 e. The summed E-state index contributed by atoms with van der Waals surface area (Å²) < 4.78 is 1.56. The Hall–Kier alpha value is -1.83. The highest BCUT2D eigenvalue weighted by Gasteiger charge is 2.22. The summed E-state index contributed by atoms with van der Waals surface area (Å²) in [6, 6.07) is 6.56. The number of nitrogens with two attached hydrogens (primary N) is 1. The van der Waals surface area contributed by atoms with Crippen LogP contribution in [0.15, 0.2) is 30.5 Å². The standard InChI is InChI=1S/C16H22N4O2S/c1-18-13(15(21)19-2)7-10-8-20(16(22)12(17)9-23)14-6-4-3-5-11(10)14/h3-6,8,12-13,18,23H,7,9,17H2,1-2H3,(H,19,21)/t12-,13+/m1/s1. The van der Waals surface area contributed by atoms with Gasteiger partial charge in [-0.1, -0.05) is 18.2 Å². The van der Waals surface area contributed by atoms with Gasteiger partial charge in [-0.3, -0.25) is 14.2 Å². The lowest BCUT2D eigenvalue weighted by atomic mass is 10.0. The number of hydrogen-bond donors (Lipinski definition) is 4. The van der Waals surface area contributed by atoms with Crippen molar-refractivity contribution in [1.82, 2.24) is 15.2 Å². The van der Waals surface area contributed by atoms with Crippen LogP contribution in [0, 0.1) is 0 Å². The topological polar surface area (TPSA) is 89.2 Å². The van der Waals surface area contributed by atoms with Crippen LogP contribution in [0.3, 0.4) is 0 Å². The molecule has 2 atom stereocenters. The van der Waals surface area contributed by atoms with Crippen LogP contribution < -0.4 is 16.4 Å². The summed E-state index contributed by atoms with van der Waals surface area (Å²) >= 11 is 4.09. The van der Waals surface area contributed by atoms with Crippen LogP contribution in [-0.4, -0.2) is 48.3 Å². The first-order valence-corrected chi connectivity index (χ1v) is 8.05. The Balaban J connectivity index is 2.45. The predicted molar refractivity (Wildman–Crippen MR) is 95.0 cm³/mol. The highest BCUT2D eigenvalue weighted by Crippen LogP contribution is 2.23. The van der Waals surface area contributed by atoms with Crippen molar-refractivity contribution in [3.63, 3.8) is 0 Å². The molecular formula is C16H22N4O2S. The molecule has 1 aromatic carbocycles. The van der Waals surface area contributed by atoms with Gasteiger partial charge in [-0.15, -0.1) is 0 Å². The first kappa shape index (κ1) is 17.5. The third-order valence-corrected chi connectivity index (χ3v) is 4.27. The summed E-state index contributed by atoms with van der Waals surface area (Å²) in [6.45, 7) is 0. The number of nitrogens with zero attached hydrogens (tertiary/aromatic N) is 1. The zero-order chi connectivity index (χ0) is 17.0. The van der Waals surface area contributed by atoms with E-state index in [0.717, 1.165) is 16.5 Å². The van der Waals surface area contributed by atoms with E-state index < -0.39 is 6.04 Å². The zero-order valence-electron chi connectivity index (χ0n) is 13.2. The number of aromatic nitrogens is 1. The summed E-state index contributed by atoms with van der Waals surface area (Å²) in [5.41, 5.74) is 7.53. The number of para-hydroxylation sites is 1. The molecule has 124 valence electrons. The third-order valence-electron chi connectivity index (χ3n) is 3.88. The number of benzene rings is 1. The van der Waals surface area contributed by atoms with Gasteiger partial charge < -0.3 is 16.4 Å². The van der Waals surface area contributed by atoms with Gasteiger partial charge in [-0.25, -0.2) is 0 Å². The highest BCUT2D eigenvalue weighted by atomic mass is 32.1. The second-order valence-corrected chi connectivity index (χ2v) is 5.69. The van der Waals surface area contributed by atoms with Crippen LogP contribution in [0.1, 0.15) is 10.4 Å². The molecule has 0 unspecified atom stereocenters. The monoisotopic (exact) mass is 334 g/mol. The number of carbonyl (C=O) groups is 2. The molecule has 1 amide bonds. The molecular weight excluding hydrogens is 312 g/mol. The minimum absolute atomic E-state index is 0.0947. The molecule has 0 spiro atoms. The molecule has 0 aliphatic rings. The quantitative estimate of drug-likeness (QED) is 0.576. The average Bonchev–Trinajstić information content (AvgIpc) is 2.96. The molecule has 0 fully saturated rings. The van der Waals surface area contributed by atoms with E-state index in [1.807, 2.05) is 24.3 Å². The molecule has 0 aliphatic heterocycles. The molecule has 0 radical (unpaired) electrons. The van der Waals surface area contributed by atoms with E-state index >= 15 is 0 Å². The van der Waals surface area contributed by atoms with Crippen LogP contribution in [0.5, 0.6) is 0 Å². The predicted octanol–water partition coefficient (Wildman–Crippen LogP) is 0.415. The summed E-state index contributed by atoms with van der Waals surface area (Å²) in [6.07, 6.45) is 2.25. The normalized spacial score (nSPS) is 13.7. The lowest BCUT2D eigenvalue weighted by molar-refractivity contribution is -0.122. The lowest BCUT2D eigenvalue weighted by Gasteiger charge is -2.13. The van der Waals surface area contributed by atoms with E-state index in [1.54, 1.807) is 24.9 Å². The van der Waals surface area contributed by atoms with Gasteiger partial charge in [-0.05, 0) is 25.1 Å². The summed E-state index contributed by atoms with van der Waals surface area (Å²) in [7, 11) is 3.34. The van der Waals surface area contributed by atoms with Crippen LogP contribution in [-0.2, 0) is 11.2 Å². The second-order valence-electron chi connectivity index (χ2n) is 5.33. The molecule has 4 N–H and O–H groups in total. The lowest BCUT2D eigenvalue weighted by Crippen LogP contribution is -2.42. The smallest absolute Gasteiger partial charge is 0.248 e. The van der Waals surface area contributed by atoms with Crippen molar-refractivity contribution >= 4 is 35.3 Å². The molecule has 0 saturated heterocycles. The SMILES string of the molecule is CNC(=O)[C@H](Cc1cn(C(=O)[C@H](N)CS)c2ccccc12)NC. The Kier molecular flexibility index (Phi) is 5.81. The van der Waals surface area contributed by atoms with E-state index in [-0.39, 0.29) is 23.6 Å². The van der Waals surface area contributed by atoms with Gasteiger partial charge in [0.15, 0.2) is 0 Å². The van der Waals surface area contributed by atoms with E-state index in [0.29, 0.717) is 6.42 Å². The van der Waals surface area contributed by atoms with Gasteiger partial charge in [0, 0.05) is 24.4 Å². The van der Waals surface area contributed by atoms with Crippen molar-refractivity contribution in [2.24, 2.45) is 5.73 Å². The molecule has 0 bridgehead atoms. The van der Waals surface area contributed by atoms with Crippen LogP contribution in [0.4, 0.5) is 0 Å². The molecule has 1 aromatic heterocycles. The average molecular weight is 334 g/mol. The van der Waals surface area contributed by atoms with Crippen molar-refractivity contribution in [2.45, 2.75) is 18.5 Å². The van der Waals surface area contributed by atoms with Crippen LogP contribution in [0.2, 0.25) is 0 Å². The van der Waals surface area contributed by atoms with Gasteiger partial charge in [0.05, 0.1) is 17.6 Å². The van der Waals surface area contributed by atoms with Crippen molar-refractivity contribution in [3.05, 3.63) is 36.0 Å². The van der Waals surface area contributed by atoms with Crippen LogP contribution >= 0.6 is 12.6 Å². The number of carbonyl (C=O) groups excluding carboxylic acids is 2. The number of likely N-dealkylation sites (N-methyl/N-ethyl adjacent to an activating group) is 2. The molecule has 2 rings (SSSR count). The molecule has 0 aliphatic carbocycles. The maximum atomic E-state index is 12.4. The maximum absolute atomic E-state index is 12.4. The second kappa shape index (κ2) is 7.63. The van der Waals surface area contributed by atoms with Gasteiger partial charge in [0.25, 0.3) is 0 Å². The fourth-order valence-electron chi connectivity index (χ4n) is 2.57. The maximum Gasteiger partial charge on any atom is 0.248 e. The van der Waals surface area contributed by atoms with E-state index in [2.05, 4.69) is 23.3 Å². The number of nitrogens with one attached hydrogen (secondary N) is 2. The van der Waals surface area contributed by atoms with Crippen molar-refractivity contribution in [2.75, 3.05) is 19.8 Å². The van der Waals surface area contributed by atoms with E-state index in [4.69, 9.17) is 5.73 Å². The third kappa shape index (κ3) is 3.57. The van der Waals surface area contributed by atoms with Gasteiger partial charge in [0.2, 0.25) is 11.8 Å². The molecule has 6 nitrogen and oxygen atoms in total. The molecule has 23 heavy (non-hydrogen) atoms. The molecule has 0 saturated carbocycles. The van der Waals surface area contributed by atoms with Crippen LogP contribution in [0.25, 0.3) is 10.9 Å². The minimum atomic E-state index is -0.666. The minimum Gasteiger partial charge on any atom is -0.358 e. The highest BCUT2D eigenvalue weighted by molar-refractivity contribution is 7.80. The number of thiol groups is 1. The fourth-order valence-corrected chi connectivity index (χ4v) is 2.73. The summed E-state index contributed by atoms with van der Waals surface area (Å²) in [5.74, 6) is -0.0240. The Morgan fingerprint density at radius 3 is 2.61 bits per heavy atom. The molecule has 2 aromatic rings. The number of rotatable bonds is 6. The van der Waals surface area contributed by atoms with Gasteiger partial charge >= 0.3 is 0 Å². The van der Waals surface area contributed by atoms with Crippen molar-refractivity contribution < 1.29 is 9.59 Å². The van der Waals surface area contributed by atoms with Crippen molar-refractivity contribution in [1.29, 1.82) is 0 Å². The van der Waals surface area contributed by atoms with Crippen molar-refractivity contribution in [3.8, 4) is 0 Å². The van der Waals surface area contributed by atoms with E-state index in [9.17, 15) is 9.59 Å². The molecule has 1 heterocycles. The summed E-state index contributed by atoms with van der Waals surface area (Å²) in [5, 5.41) is 6.57. The van der Waals surface area contributed by atoms with Gasteiger partial charge in [0.1, 0.15) is 0 Å². The number of hydrogen-bond acceptors (Lipinski definition) is 5. The first-order valence-electron chi connectivity index (χ1n) is 7.42. The Morgan fingerprint density at radius 1 is 1.30 bits per heavy atom. The fraction of sp³-hybridized carbons (Fsp3) is 0.375. The molecule has 7 heteroatoms. The Morgan fingerprint density at radius 2 is 2.00 bits per heavy atom. The summed E-state index contributed by atoms with van der Waals surface area (Å²) in [4.78, 5) is 24.3.